The molecule has 0 saturated carbocycles. The minimum atomic E-state index is -0.348. The molecule has 2 aliphatic heterocycles. The molecule has 0 unspecified atom stereocenters. The van der Waals surface area contributed by atoms with Crippen LogP contribution < -0.4 is 5.32 Å². The summed E-state index contributed by atoms with van der Waals surface area (Å²) >= 11 is 5.84. The number of morpholine rings is 1. The predicted octanol–water partition coefficient (Wildman–Crippen LogP) is 2.96. The van der Waals surface area contributed by atoms with Crippen LogP contribution in [-0.2, 0) is 9.47 Å². The average molecular weight is 492 g/mol. The average Bonchev–Trinajstić information content (AvgIpc) is 3.52. The molecule has 2 atom stereocenters. The topological polar surface area (TPSA) is 71.9 Å². The first-order valence-electron chi connectivity index (χ1n) is 11.8. The second-order valence-electron chi connectivity index (χ2n) is 8.62. The zero-order valence-corrected chi connectivity index (χ0v) is 20.5. The molecule has 9 heteroatoms. The van der Waals surface area contributed by atoms with Crippen LogP contribution in [0.15, 0.2) is 67.0 Å². The van der Waals surface area contributed by atoms with E-state index in [0.29, 0.717) is 5.56 Å². The third-order valence-corrected chi connectivity index (χ3v) is 6.96. The fourth-order valence-corrected chi connectivity index (χ4v) is 5.12. The van der Waals surface area contributed by atoms with Gasteiger partial charge in [-0.1, -0.05) is 6.07 Å². The largest absolute Gasteiger partial charge is 0.465 e. The van der Waals surface area contributed by atoms with Gasteiger partial charge in [-0.15, -0.1) is 0 Å². The SMILES string of the molecule is COC(=O)c1ccc(-n2cccc2[C@H]2[C@H](c3ccccn3)NC(=S)N2CCN2CCOCC2)cc1. The number of rotatable bonds is 7. The first-order chi connectivity index (χ1) is 17.2. The Hall–Kier alpha value is -3.27. The maximum atomic E-state index is 11.9. The van der Waals surface area contributed by atoms with Crippen molar-refractivity contribution in [1.29, 1.82) is 0 Å². The van der Waals surface area contributed by atoms with Crippen molar-refractivity contribution in [3.63, 3.8) is 0 Å². The molecule has 35 heavy (non-hydrogen) atoms. The number of aromatic nitrogens is 2. The molecule has 2 saturated heterocycles. The number of thiocarbonyl (C=S) groups is 1. The number of esters is 1. The summed E-state index contributed by atoms with van der Waals surface area (Å²) < 4.78 is 12.5. The molecule has 2 aliphatic rings. The second-order valence-corrected chi connectivity index (χ2v) is 9.00. The molecular formula is C26H29N5O3S. The quantitative estimate of drug-likeness (QED) is 0.400. The van der Waals surface area contributed by atoms with Gasteiger partial charge in [0.05, 0.1) is 43.7 Å². The summed E-state index contributed by atoms with van der Waals surface area (Å²) in [5, 5.41) is 4.26. The number of nitrogens with one attached hydrogen (secondary N) is 1. The van der Waals surface area contributed by atoms with Crippen molar-refractivity contribution in [2.75, 3.05) is 46.5 Å². The van der Waals surface area contributed by atoms with E-state index in [1.807, 2.05) is 48.8 Å². The Kier molecular flexibility index (Phi) is 7.08. The van der Waals surface area contributed by atoms with E-state index in [4.69, 9.17) is 21.7 Å². The minimum Gasteiger partial charge on any atom is -0.465 e. The standard InChI is InChI=1S/C26H29N5O3S/c1-33-25(32)19-7-9-20(10-8-19)30-12-4-6-22(30)24-23(21-5-2-3-11-27-21)28-26(35)31(24)14-13-29-15-17-34-18-16-29/h2-12,23-24H,13-18H2,1H3,(H,28,35)/t23-,24-/m0/s1. The molecule has 8 nitrogen and oxygen atoms in total. The second kappa shape index (κ2) is 10.6. The molecule has 182 valence electrons. The number of carbonyl (C=O) groups excluding carboxylic acids is 1. The zero-order valence-electron chi connectivity index (χ0n) is 19.7. The highest BCUT2D eigenvalue weighted by Crippen LogP contribution is 2.39. The van der Waals surface area contributed by atoms with Gasteiger partial charge in [-0.3, -0.25) is 9.88 Å². The van der Waals surface area contributed by atoms with E-state index in [9.17, 15) is 4.79 Å². The van der Waals surface area contributed by atoms with Crippen LogP contribution in [-0.4, -0.2) is 76.9 Å². The van der Waals surface area contributed by atoms with Crippen molar-refractivity contribution in [2.24, 2.45) is 0 Å². The van der Waals surface area contributed by atoms with Gasteiger partial charge in [0.1, 0.15) is 0 Å². The van der Waals surface area contributed by atoms with Gasteiger partial charge in [0.25, 0.3) is 0 Å². The highest BCUT2D eigenvalue weighted by atomic mass is 32.1. The Balaban J connectivity index is 1.48. The molecule has 4 heterocycles. The molecular weight excluding hydrogens is 462 g/mol. The van der Waals surface area contributed by atoms with E-state index in [2.05, 4.69) is 30.7 Å². The van der Waals surface area contributed by atoms with Gasteiger partial charge < -0.3 is 24.3 Å². The van der Waals surface area contributed by atoms with Gasteiger partial charge >= 0.3 is 5.97 Å². The highest BCUT2D eigenvalue weighted by molar-refractivity contribution is 7.80. The Morgan fingerprint density at radius 1 is 1.11 bits per heavy atom. The molecule has 0 radical (unpaired) electrons. The number of hydrogen-bond donors (Lipinski definition) is 1. The third kappa shape index (κ3) is 4.93. The van der Waals surface area contributed by atoms with Crippen LogP contribution in [0.25, 0.3) is 5.69 Å². The van der Waals surface area contributed by atoms with Gasteiger partial charge in [0.2, 0.25) is 0 Å². The van der Waals surface area contributed by atoms with E-state index >= 15 is 0 Å². The maximum Gasteiger partial charge on any atom is 0.337 e. The fourth-order valence-electron chi connectivity index (χ4n) is 4.79. The first-order valence-corrected chi connectivity index (χ1v) is 12.2. The summed E-state index contributed by atoms with van der Waals surface area (Å²) in [6.07, 6.45) is 3.86. The normalized spacial score (nSPS) is 20.6. The molecule has 5 rings (SSSR count). The predicted molar refractivity (Wildman–Crippen MR) is 137 cm³/mol. The summed E-state index contributed by atoms with van der Waals surface area (Å²) in [5.41, 5.74) is 3.53. The summed E-state index contributed by atoms with van der Waals surface area (Å²) in [7, 11) is 1.39. The third-order valence-electron chi connectivity index (χ3n) is 6.61. The molecule has 0 aliphatic carbocycles. The molecule has 1 N–H and O–H groups in total. The van der Waals surface area contributed by atoms with Crippen molar-refractivity contribution in [2.45, 2.75) is 12.1 Å². The fraction of sp³-hybridized carbons (Fsp3) is 0.346. The Morgan fingerprint density at radius 3 is 2.63 bits per heavy atom. The Bertz CT molecular complexity index is 1160. The van der Waals surface area contributed by atoms with Crippen LogP contribution in [0.5, 0.6) is 0 Å². The maximum absolute atomic E-state index is 11.9. The lowest BCUT2D eigenvalue weighted by molar-refractivity contribution is 0.0349. The number of benzene rings is 1. The van der Waals surface area contributed by atoms with Crippen LogP contribution >= 0.6 is 12.2 Å². The van der Waals surface area contributed by atoms with Crippen LogP contribution in [0.1, 0.15) is 33.8 Å². The van der Waals surface area contributed by atoms with Gasteiger partial charge in [-0.25, -0.2) is 4.79 Å². The van der Waals surface area contributed by atoms with E-state index < -0.39 is 0 Å². The lowest BCUT2D eigenvalue weighted by Crippen LogP contribution is -2.42. The van der Waals surface area contributed by atoms with Crippen molar-refractivity contribution in [3.05, 3.63) is 83.9 Å². The lowest BCUT2D eigenvalue weighted by atomic mass is 10.0. The molecule has 1 aromatic carbocycles. The van der Waals surface area contributed by atoms with Crippen molar-refractivity contribution in [1.82, 2.24) is 24.7 Å². The Morgan fingerprint density at radius 2 is 1.91 bits per heavy atom. The molecule has 2 aromatic heterocycles. The summed E-state index contributed by atoms with van der Waals surface area (Å²) in [6.45, 7) is 5.12. The number of carbonyl (C=O) groups is 1. The van der Waals surface area contributed by atoms with Crippen molar-refractivity contribution >= 4 is 23.3 Å². The van der Waals surface area contributed by atoms with E-state index in [1.165, 1.54) is 7.11 Å². The number of pyridine rings is 1. The van der Waals surface area contributed by atoms with Crippen LogP contribution in [0.3, 0.4) is 0 Å². The van der Waals surface area contributed by atoms with E-state index in [-0.39, 0.29) is 18.1 Å². The Labute approximate surface area is 210 Å². The van der Waals surface area contributed by atoms with Gasteiger partial charge in [0, 0.05) is 50.0 Å². The molecule has 2 fully saturated rings. The lowest BCUT2D eigenvalue weighted by Gasteiger charge is -2.32. The van der Waals surface area contributed by atoms with Crippen LogP contribution in [0.4, 0.5) is 0 Å². The first kappa shape index (κ1) is 23.5. The zero-order chi connectivity index (χ0) is 24.2. The summed E-state index contributed by atoms with van der Waals surface area (Å²) in [5.74, 6) is -0.348. The van der Waals surface area contributed by atoms with Crippen LogP contribution in [0.2, 0.25) is 0 Å². The molecule has 0 bridgehead atoms. The molecule has 3 aromatic rings. The number of hydrogen-bond acceptors (Lipinski definition) is 6. The monoisotopic (exact) mass is 491 g/mol. The van der Waals surface area contributed by atoms with Crippen molar-refractivity contribution in [3.8, 4) is 5.69 Å². The molecule has 0 amide bonds. The van der Waals surface area contributed by atoms with Gasteiger partial charge in [-0.2, -0.15) is 0 Å². The molecule has 0 spiro atoms. The number of methoxy groups -OCH3 is 1. The summed E-state index contributed by atoms with van der Waals surface area (Å²) in [6, 6.07) is 17.5. The van der Waals surface area contributed by atoms with E-state index in [1.54, 1.807) is 12.1 Å². The smallest absolute Gasteiger partial charge is 0.337 e. The highest BCUT2D eigenvalue weighted by Gasteiger charge is 2.41. The van der Waals surface area contributed by atoms with Crippen molar-refractivity contribution < 1.29 is 14.3 Å². The number of nitrogens with zero attached hydrogens (tertiary/aromatic N) is 4. The van der Waals surface area contributed by atoms with Crippen LogP contribution in [0, 0.1) is 0 Å². The van der Waals surface area contributed by atoms with Gasteiger partial charge in [-0.05, 0) is 60.7 Å². The minimum absolute atomic E-state index is 0.0475. The van der Waals surface area contributed by atoms with E-state index in [0.717, 1.165) is 61.6 Å². The summed E-state index contributed by atoms with van der Waals surface area (Å²) in [4.78, 5) is 21.2. The van der Waals surface area contributed by atoms with Gasteiger partial charge in [0.15, 0.2) is 5.11 Å². The number of ether oxygens (including phenoxy) is 2.